The topological polar surface area (TPSA) is 83.9 Å². The molecule has 1 aromatic heterocycles. The largest absolute Gasteiger partial charge is 0.489 e. The number of hydrogen-bond donors (Lipinski definition) is 1. The zero-order valence-corrected chi connectivity index (χ0v) is 20.3. The summed E-state index contributed by atoms with van der Waals surface area (Å²) in [7, 11) is -3.82. The molecule has 1 N–H and O–H groups in total. The Bertz CT molecular complexity index is 1250. The number of fused-ring (bicyclic) bond motifs is 1. The number of hydrogen-bond acceptors (Lipinski definition) is 5. The van der Waals surface area contributed by atoms with Crippen molar-refractivity contribution in [3.63, 3.8) is 0 Å². The Morgan fingerprint density at radius 2 is 1.91 bits per heavy atom. The third kappa shape index (κ3) is 4.69. The van der Waals surface area contributed by atoms with Gasteiger partial charge in [0.2, 0.25) is 10.0 Å². The lowest BCUT2D eigenvalue weighted by molar-refractivity contribution is -0.141. The second kappa shape index (κ2) is 9.67. The number of sulfonamides is 1. The van der Waals surface area contributed by atoms with Crippen molar-refractivity contribution < 1.29 is 23.1 Å². The van der Waals surface area contributed by atoms with Crippen LogP contribution in [0.1, 0.15) is 42.7 Å². The molecule has 0 fully saturated rings. The van der Waals surface area contributed by atoms with Crippen molar-refractivity contribution >= 4 is 27.3 Å². The lowest BCUT2D eigenvalue weighted by atomic mass is 10.0. The molecule has 1 aliphatic rings. The molecule has 0 aliphatic carbocycles. The van der Waals surface area contributed by atoms with Gasteiger partial charge in [0.1, 0.15) is 18.4 Å². The van der Waals surface area contributed by atoms with Crippen molar-refractivity contribution in [2.75, 3.05) is 0 Å². The van der Waals surface area contributed by atoms with Crippen molar-refractivity contribution in [2.24, 2.45) is 0 Å². The lowest BCUT2D eigenvalue weighted by Gasteiger charge is -2.21. The molecule has 1 aliphatic heterocycles. The maximum atomic E-state index is 13.0. The summed E-state index contributed by atoms with van der Waals surface area (Å²) in [5.74, 6) is -0.286. The Kier molecular flexibility index (Phi) is 6.88. The number of aliphatic carboxylic acids is 1. The third-order valence-electron chi connectivity index (χ3n) is 5.78. The Morgan fingerprint density at radius 1 is 1.15 bits per heavy atom. The summed E-state index contributed by atoms with van der Waals surface area (Å²) in [6.45, 7) is 4.39. The van der Waals surface area contributed by atoms with Crippen LogP contribution in [0.25, 0.3) is 10.4 Å². The highest BCUT2D eigenvalue weighted by Gasteiger charge is 2.43. The van der Waals surface area contributed by atoms with E-state index in [1.807, 2.05) is 42.5 Å². The van der Waals surface area contributed by atoms with E-state index in [1.165, 1.54) is 11.3 Å². The molecule has 2 heterocycles. The van der Waals surface area contributed by atoms with Gasteiger partial charge in [0, 0.05) is 9.75 Å². The van der Waals surface area contributed by atoms with Crippen molar-refractivity contribution in [3.05, 3.63) is 70.6 Å². The van der Waals surface area contributed by atoms with Crippen LogP contribution >= 0.6 is 11.3 Å². The SMILES string of the molecule is CCCc1cc(-c2cc3c(s2)CN(C(CC)C(=O)O)S3(=O)=O)ccc1OCc1ccccc1. The van der Waals surface area contributed by atoms with Crippen LogP contribution in [0, 0.1) is 0 Å². The van der Waals surface area contributed by atoms with E-state index < -0.39 is 22.0 Å². The van der Waals surface area contributed by atoms with E-state index in [0.29, 0.717) is 11.5 Å². The number of benzene rings is 2. The molecule has 174 valence electrons. The van der Waals surface area contributed by atoms with Gasteiger partial charge < -0.3 is 9.84 Å². The first-order valence-electron chi connectivity index (χ1n) is 11.0. The monoisotopic (exact) mass is 485 g/mol. The highest BCUT2D eigenvalue weighted by Crippen LogP contribution is 2.42. The van der Waals surface area contributed by atoms with Crippen molar-refractivity contribution in [1.82, 2.24) is 4.31 Å². The number of ether oxygens (including phenoxy) is 1. The second-order valence-electron chi connectivity index (χ2n) is 8.06. The lowest BCUT2D eigenvalue weighted by Crippen LogP contribution is -2.40. The quantitative estimate of drug-likeness (QED) is 0.444. The third-order valence-corrected chi connectivity index (χ3v) is 9.00. The number of nitrogens with zero attached hydrogens (tertiary/aromatic N) is 1. The van der Waals surface area contributed by atoms with Crippen molar-refractivity contribution in [1.29, 1.82) is 0 Å². The fourth-order valence-electron chi connectivity index (χ4n) is 4.09. The molecule has 4 rings (SSSR count). The molecule has 8 heteroatoms. The molecular formula is C25H27NO5S2. The number of thiophene rings is 1. The molecule has 1 unspecified atom stereocenters. The van der Waals surface area contributed by atoms with E-state index in [4.69, 9.17) is 4.74 Å². The molecule has 0 saturated carbocycles. The molecule has 0 amide bonds. The van der Waals surface area contributed by atoms with Gasteiger partial charge in [-0.05, 0) is 53.8 Å². The van der Waals surface area contributed by atoms with Crippen LogP contribution in [-0.4, -0.2) is 29.8 Å². The average molecular weight is 486 g/mol. The van der Waals surface area contributed by atoms with Crippen molar-refractivity contribution in [3.8, 4) is 16.2 Å². The first kappa shape index (κ1) is 23.5. The van der Waals surface area contributed by atoms with E-state index in [2.05, 4.69) is 13.0 Å². The summed E-state index contributed by atoms with van der Waals surface area (Å²) in [5.41, 5.74) is 3.12. The van der Waals surface area contributed by atoms with Gasteiger partial charge in [-0.1, -0.05) is 50.6 Å². The van der Waals surface area contributed by atoms with Crippen LogP contribution in [0.2, 0.25) is 0 Å². The number of rotatable bonds is 9. The predicted molar refractivity (Wildman–Crippen MR) is 129 cm³/mol. The van der Waals surface area contributed by atoms with Crippen LogP contribution in [0.4, 0.5) is 0 Å². The zero-order chi connectivity index (χ0) is 23.6. The van der Waals surface area contributed by atoms with Gasteiger partial charge in [-0.2, -0.15) is 4.31 Å². The normalized spacial score (nSPS) is 15.8. The minimum absolute atomic E-state index is 0.104. The molecule has 33 heavy (non-hydrogen) atoms. The Balaban J connectivity index is 1.60. The highest BCUT2D eigenvalue weighted by atomic mass is 32.2. The molecule has 2 aromatic carbocycles. The van der Waals surface area contributed by atoms with Crippen molar-refractivity contribution in [2.45, 2.75) is 57.2 Å². The molecule has 3 aromatic rings. The van der Waals surface area contributed by atoms with E-state index >= 15 is 0 Å². The summed E-state index contributed by atoms with van der Waals surface area (Å²) in [4.78, 5) is 13.3. The minimum atomic E-state index is -3.82. The fourth-order valence-corrected chi connectivity index (χ4v) is 7.48. The molecule has 6 nitrogen and oxygen atoms in total. The predicted octanol–water partition coefficient (Wildman–Crippen LogP) is 5.31. The summed E-state index contributed by atoms with van der Waals surface area (Å²) in [5, 5.41) is 9.42. The molecular weight excluding hydrogens is 458 g/mol. The van der Waals surface area contributed by atoms with Crippen LogP contribution in [0.5, 0.6) is 5.75 Å². The van der Waals surface area contributed by atoms with Crippen LogP contribution in [0.3, 0.4) is 0 Å². The summed E-state index contributed by atoms with van der Waals surface area (Å²) in [6, 6.07) is 16.6. The smallest absolute Gasteiger partial charge is 0.322 e. The first-order valence-corrected chi connectivity index (χ1v) is 13.3. The first-order chi connectivity index (χ1) is 15.8. The summed E-state index contributed by atoms with van der Waals surface area (Å²) < 4.78 is 33.2. The van der Waals surface area contributed by atoms with Gasteiger partial charge in [-0.3, -0.25) is 4.79 Å². The van der Waals surface area contributed by atoms with E-state index in [1.54, 1.807) is 13.0 Å². The zero-order valence-electron chi connectivity index (χ0n) is 18.7. The number of carboxylic acids is 1. The molecule has 0 radical (unpaired) electrons. The standard InChI is InChI=1S/C25H27NO5S2/c1-3-8-18-13-19(11-12-21(18)31-16-17-9-6-5-7-10-17)22-14-24-23(32-22)15-26(33(24,29)30)20(4-2)25(27)28/h5-7,9-14,20H,3-4,8,15-16H2,1-2H3,(H,27,28). The number of carbonyl (C=O) groups is 1. The average Bonchev–Trinajstić information content (AvgIpc) is 3.32. The second-order valence-corrected chi connectivity index (χ2v) is 11.1. The minimum Gasteiger partial charge on any atom is -0.489 e. The Labute approximate surface area is 198 Å². The Morgan fingerprint density at radius 3 is 2.55 bits per heavy atom. The maximum absolute atomic E-state index is 13.0. The summed E-state index contributed by atoms with van der Waals surface area (Å²) in [6.07, 6.45) is 2.04. The van der Waals surface area contributed by atoms with Gasteiger partial charge in [0.25, 0.3) is 0 Å². The van der Waals surface area contributed by atoms with Gasteiger partial charge in [-0.25, -0.2) is 8.42 Å². The molecule has 0 spiro atoms. The van der Waals surface area contributed by atoms with Crippen LogP contribution in [-0.2, 0) is 34.4 Å². The summed E-state index contributed by atoms with van der Waals surface area (Å²) >= 11 is 1.41. The highest BCUT2D eigenvalue weighted by molar-refractivity contribution is 7.89. The van der Waals surface area contributed by atoms with Crippen LogP contribution < -0.4 is 4.74 Å². The van der Waals surface area contributed by atoms with E-state index in [-0.39, 0.29) is 17.9 Å². The maximum Gasteiger partial charge on any atom is 0.322 e. The number of aryl methyl sites for hydroxylation is 1. The van der Waals surface area contributed by atoms with Gasteiger partial charge in [0.05, 0.1) is 11.4 Å². The number of carboxylic acid groups (broad SMARTS) is 1. The molecule has 0 bridgehead atoms. The van der Waals surface area contributed by atoms with E-state index in [9.17, 15) is 18.3 Å². The van der Waals surface area contributed by atoms with Gasteiger partial charge >= 0.3 is 5.97 Å². The fraction of sp³-hybridized carbons (Fsp3) is 0.320. The van der Waals surface area contributed by atoms with Gasteiger partial charge in [-0.15, -0.1) is 11.3 Å². The molecule has 0 saturated heterocycles. The molecule has 1 atom stereocenters. The Hall–Kier alpha value is -2.68. The van der Waals surface area contributed by atoms with E-state index in [0.717, 1.165) is 44.5 Å². The van der Waals surface area contributed by atoms with Crippen LogP contribution in [0.15, 0.2) is 59.5 Å². The van der Waals surface area contributed by atoms with Gasteiger partial charge in [0.15, 0.2) is 0 Å².